The summed E-state index contributed by atoms with van der Waals surface area (Å²) >= 11 is 0. The predicted octanol–water partition coefficient (Wildman–Crippen LogP) is 1.12. The lowest BCUT2D eigenvalue weighted by Gasteiger charge is -2.10. The van der Waals surface area contributed by atoms with Crippen molar-refractivity contribution in [1.29, 1.82) is 0 Å². The van der Waals surface area contributed by atoms with Crippen molar-refractivity contribution >= 4 is 11.9 Å². The van der Waals surface area contributed by atoms with Crippen molar-refractivity contribution in [3.8, 4) is 0 Å². The van der Waals surface area contributed by atoms with Gasteiger partial charge >= 0.3 is 17.6 Å². The van der Waals surface area contributed by atoms with Gasteiger partial charge in [-0.3, -0.25) is 0 Å². The van der Waals surface area contributed by atoms with Gasteiger partial charge in [-0.1, -0.05) is 0 Å². The standard InChI is InChI=1S/C13H14O6/c1-6-4-10(14)18-8(3)11(6)13(16)19-9-5-7(2)17-12(9)15/h4,7,9H,5H2,1-3H3. The second kappa shape index (κ2) is 4.87. The molecule has 0 bridgehead atoms. The van der Waals surface area contributed by atoms with Crippen molar-refractivity contribution in [2.75, 3.05) is 0 Å². The van der Waals surface area contributed by atoms with E-state index in [0.29, 0.717) is 12.0 Å². The summed E-state index contributed by atoms with van der Waals surface area (Å²) in [6.07, 6.45) is -0.825. The first-order valence-electron chi connectivity index (χ1n) is 5.91. The number of cyclic esters (lactones) is 1. The van der Waals surface area contributed by atoms with Gasteiger partial charge in [0.15, 0.2) is 0 Å². The first kappa shape index (κ1) is 13.3. The van der Waals surface area contributed by atoms with Gasteiger partial charge in [0.05, 0.1) is 0 Å². The van der Waals surface area contributed by atoms with Crippen LogP contribution in [0.3, 0.4) is 0 Å². The Bertz CT molecular complexity index is 559. The monoisotopic (exact) mass is 266 g/mol. The molecule has 2 atom stereocenters. The Hall–Kier alpha value is -2.11. The molecular weight excluding hydrogens is 252 g/mol. The summed E-state index contributed by atoms with van der Waals surface area (Å²) in [5.41, 5.74) is 0.102. The second-order valence-electron chi connectivity index (χ2n) is 4.56. The molecule has 0 amide bonds. The highest BCUT2D eigenvalue weighted by atomic mass is 16.6. The number of ether oxygens (including phenoxy) is 2. The Morgan fingerprint density at radius 3 is 2.58 bits per heavy atom. The zero-order valence-electron chi connectivity index (χ0n) is 10.9. The summed E-state index contributed by atoms with van der Waals surface area (Å²) in [6, 6.07) is 1.21. The average Bonchev–Trinajstić information content (AvgIpc) is 2.55. The van der Waals surface area contributed by atoms with E-state index in [1.807, 2.05) is 0 Å². The molecule has 6 heteroatoms. The van der Waals surface area contributed by atoms with E-state index in [-0.39, 0.29) is 17.4 Å². The lowest BCUT2D eigenvalue weighted by atomic mass is 10.1. The van der Waals surface area contributed by atoms with E-state index >= 15 is 0 Å². The third-order valence-corrected chi connectivity index (χ3v) is 2.91. The van der Waals surface area contributed by atoms with Gasteiger partial charge < -0.3 is 13.9 Å². The Labute approximate surface area is 109 Å². The topological polar surface area (TPSA) is 82.8 Å². The van der Waals surface area contributed by atoms with E-state index in [1.165, 1.54) is 13.0 Å². The molecule has 2 unspecified atom stereocenters. The van der Waals surface area contributed by atoms with Gasteiger partial charge in [0.25, 0.3) is 0 Å². The van der Waals surface area contributed by atoms with Gasteiger partial charge in [-0.15, -0.1) is 0 Å². The largest absolute Gasteiger partial charge is 0.460 e. The summed E-state index contributed by atoms with van der Waals surface area (Å²) in [6.45, 7) is 4.83. The maximum absolute atomic E-state index is 12.0. The SMILES string of the molecule is Cc1cc(=O)oc(C)c1C(=O)OC1CC(C)OC1=O. The molecule has 2 heterocycles. The first-order chi connectivity index (χ1) is 8.88. The summed E-state index contributed by atoms with van der Waals surface area (Å²) in [4.78, 5) is 34.5. The van der Waals surface area contributed by atoms with Crippen LogP contribution in [0.4, 0.5) is 0 Å². The van der Waals surface area contributed by atoms with Crippen LogP contribution in [-0.2, 0) is 14.3 Å². The molecule has 0 aromatic carbocycles. The fourth-order valence-corrected chi connectivity index (χ4v) is 2.07. The van der Waals surface area contributed by atoms with Crippen LogP contribution in [0.25, 0.3) is 0 Å². The lowest BCUT2D eigenvalue weighted by Crippen LogP contribution is -2.24. The fourth-order valence-electron chi connectivity index (χ4n) is 2.07. The quantitative estimate of drug-likeness (QED) is 0.746. The van der Waals surface area contributed by atoms with E-state index in [9.17, 15) is 14.4 Å². The second-order valence-corrected chi connectivity index (χ2v) is 4.56. The highest BCUT2D eigenvalue weighted by Gasteiger charge is 2.35. The van der Waals surface area contributed by atoms with E-state index in [2.05, 4.69) is 0 Å². The van der Waals surface area contributed by atoms with E-state index in [1.54, 1.807) is 13.8 Å². The Morgan fingerprint density at radius 2 is 2.05 bits per heavy atom. The van der Waals surface area contributed by atoms with Gasteiger partial charge in [-0.05, 0) is 26.3 Å². The van der Waals surface area contributed by atoms with Crippen LogP contribution < -0.4 is 5.63 Å². The third kappa shape index (κ3) is 2.67. The van der Waals surface area contributed by atoms with Crippen molar-refractivity contribution in [3.63, 3.8) is 0 Å². The first-order valence-corrected chi connectivity index (χ1v) is 5.91. The highest BCUT2D eigenvalue weighted by molar-refractivity contribution is 5.93. The van der Waals surface area contributed by atoms with Crippen LogP contribution in [-0.4, -0.2) is 24.1 Å². The summed E-state index contributed by atoms with van der Waals surface area (Å²) in [7, 11) is 0. The molecule has 6 nitrogen and oxygen atoms in total. The maximum Gasteiger partial charge on any atom is 0.347 e. The van der Waals surface area contributed by atoms with Crippen LogP contribution in [0, 0.1) is 13.8 Å². The molecule has 0 spiro atoms. The molecule has 19 heavy (non-hydrogen) atoms. The number of carbonyl (C=O) groups excluding carboxylic acids is 2. The molecule has 0 aliphatic carbocycles. The molecule has 0 radical (unpaired) electrons. The zero-order valence-corrected chi connectivity index (χ0v) is 10.9. The predicted molar refractivity (Wildman–Crippen MR) is 63.8 cm³/mol. The Kier molecular flexibility index (Phi) is 3.42. The van der Waals surface area contributed by atoms with Crippen molar-refractivity contribution < 1.29 is 23.5 Å². The molecule has 1 aromatic rings. The van der Waals surface area contributed by atoms with Crippen molar-refractivity contribution in [2.24, 2.45) is 0 Å². The van der Waals surface area contributed by atoms with Crippen molar-refractivity contribution in [1.82, 2.24) is 0 Å². The molecule has 1 aliphatic heterocycles. The number of carbonyl (C=O) groups is 2. The molecule has 102 valence electrons. The maximum atomic E-state index is 12.0. The summed E-state index contributed by atoms with van der Waals surface area (Å²) < 4.78 is 14.9. The van der Waals surface area contributed by atoms with Crippen LogP contribution >= 0.6 is 0 Å². The number of rotatable bonds is 2. The van der Waals surface area contributed by atoms with Gasteiger partial charge in [-0.25, -0.2) is 14.4 Å². The van der Waals surface area contributed by atoms with E-state index < -0.39 is 23.7 Å². The zero-order chi connectivity index (χ0) is 14.2. The molecule has 1 aliphatic rings. The van der Waals surface area contributed by atoms with Crippen LogP contribution in [0.5, 0.6) is 0 Å². The smallest absolute Gasteiger partial charge is 0.347 e. The molecule has 2 rings (SSSR count). The van der Waals surface area contributed by atoms with E-state index in [4.69, 9.17) is 13.9 Å². The fraction of sp³-hybridized carbons (Fsp3) is 0.462. The van der Waals surface area contributed by atoms with Crippen molar-refractivity contribution in [3.05, 3.63) is 33.4 Å². The molecule has 1 fully saturated rings. The van der Waals surface area contributed by atoms with Gasteiger partial charge in [0, 0.05) is 12.5 Å². The van der Waals surface area contributed by atoms with Gasteiger partial charge in [-0.2, -0.15) is 0 Å². The number of hydrogen-bond acceptors (Lipinski definition) is 6. The minimum absolute atomic E-state index is 0.173. The van der Waals surface area contributed by atoms with Gasteiger partial charge in [0.1, 0.15) is 17.4 Å². The third-order valence-electron chi connectivity index (χ3n) is 2.91. The molecule has 0 saturated carbocycles. The van der Waals surface area contributed by atoms with Crippen molar-refractivity contribution in [2.45, 2.75) is 39.4 Å². The summed E-state index contributed by atoms with van der Waals surface area (Å²) in [5, 5.41) is 0. The Balaban J connectivity index is 2.22. The minimum Gasteiger partial charge on any atom is -0.460 e. The minimum atomic E-state index is -0.895. The molecule has 1 aromatic heterocycles. The number of hydrogen-bond donors (Lipinski definition) is 0. The van der Waals surface area contributed by atoms with E-state index in [0.717, 1.165) is 0 Å². The number of esters is 2. The van der Waals surface area contributed by atoms with Crippen LogP contribution in [0.1, 0.15) is 35.0 Å². The Morgan fingerprint density at radius 1 is 1.37 bits per heavy atom. The highest BCUT2D eigenvalue weighted by Crippen LogP contribution is 2.20. The lowest BCUT2D eigenvalue weighted by molar-refractivity contribution is -0.147. The molecule has 0 N–H and O–H groups in total. The van der Waals surface area contributed by atoms with Gasteiger partial charge in [0.2, 0.25) is 6.10 Å². The molecule has 1 saturated heterocycles. The normalized spacial score (nSPS) is 22.2. The molecular formula is C13H14O6. The average molecular weight is 266 g/mol. The van der Waals surface area contributed by atoms with Crippen LogP contribution in [0.15, 0.2) is 15.3 Å². The summed E-state index contributed by atoms with van der Waals surface area (Å²) in [5.74, 6) is -1.06. The van der Waals surface area contributed by atoms with Crippen LogP contribution in [0.2, 0.25) is 0 Å². The number of aryl methyl sites for hydroxylation is 2.